The molecule has 0 saturated carbocycles. The lowest BCUT2D eigenvalue weighted by atomic mass is 10.0. The molecule has 0 saturated heterocycles. The molecule has 2 atom stereocenters. The van der Waals surface area contributed by atoms with Gasteiger partial charge in [0.1, 0.15) is 13.2 Å². The Morgan fingerprint density at radius 3 is 1.44 bits per heavy atom. The van der Waals surface area contributed by atoms with Crippen LogP contribution in [0.3, 0.4) is 0 Å². The highest BCUT2D eigenvalue weighted by Crippen LogP contribution is 2.09. The molecule has 0 aliphatic heterocycles. The van der Waals surface area contributed by atoms with E-state index in [0.717, 1.165) is 38.5 Å². The average Bonchev–Trinajstić information content (AvgIpc) is 3.26. The molecule has 0 heterocycles. The Morgan fingerprint density at radius 1 is 0.476 bits per heavy atom. The molecule has 368 valence electrons. The van der Waals surface area contributed by atoms with Gasteiger partial charge in [0.05, 0.1) is 59.5 Å². The molecule has 6 amide bonds. The zero-order valence-electron chi connectivity index (χ0n) is 37.4. The molecule has 0 aliphatic carbocycles. The van der Waals surface area contributed by atoms with Crippen molar-refractivity contribution in [1.82, 2.24) is 31.9 Å². The van der Waals surface area contributed by atoms with Gasteiger partial charge < -0.3 is 69.1 Å². The smallest absolute Gasteiger partial charge is 0.245 e. The van der Waals surface area contributed by atoms with E-state index in [1.165, 1.54) is 0 Å². The number of methoxy groups -OCH3 is 1. The van der Waals surface area contributed by atoms with Gasteiger partial charge >= 0.3 is 0 Å². The first-order chi connectivity index (χ1) is 30.6. The van der Waals surface area contributed by atoms with Crippen molar-refractivity contribution in [3.05, 3.63) is 0 Å². The zero-order valence-corrected chi connectivity index (χ0v) is 39.2. The molecule has 0 bridgehead atoms. The van der Waals surface area contributed by atoms with E-state index in [2.05, 4.69) is 66.1 Å². The molecule has 7 N–H and O–H groups in total. The van der Waals surface area contributed by atoms with E-state index < -0.39 is 6.04 Å². The summed E-state index contributed by atoms with van der Waals surface area (Å²) in [6.07, 6.45) is 8.54. The second kappa shape index (κ2) is 45.8. The minimum absolute atomic E-state index is 0.0472. The number of carbonyl (C=O) groups excluding carboxylic acids is 6. The quantitative estimate of drug-likeness (QED) is 0.0234. The fraction of sp³-hybridized carbons (Fsp3) is 0.854. The normalized spacial score (nSPS) is 12.0. The summed E-state index contributed by atoms with van der Waals surface area (Å²) in [4.78, 5) is 73.5. The minimum Gasteiger partial charge on any atom is -0.396 e. The van der Waals surface area contributed by atoms with Crippen LogP contribution < -0.4 is 31.9 Å². The van der Waals surface area contributed by atoms with Crippen LogP contribution in [-0.4, -0.2) is 166 Å². The molecule has 63 heavy (non-hydrogen) atoms. The Labute approximate surface area is 385 Å². The molecule has 0 radical (unpaired) electrons. The maximum Gasteiger partial charge on any atom is 0.245 e. The summed E-state index contributed by atoms with van der Waals surface area (Å²) >= 11 is 7.32. The molecule has 2 unspecified atom stereocenters. The number of aliphatic hydroxyl groups is 1. The average molecular weight is 943 g/mol. The second-order valence-corrected chi connectivity index (χ2v) is 15.2. The number of hydrogen-bond acceptors (Lipinski definition) is 16. The third kappa shape index (κ3) is 42.9. The highest BCUT2D eigenvalue weighted by Gasteiger charge is 2.17. The van der Waals surface area contributed by atoms with Gasteiger partial charge in [-0.1, -0.05) is 6.42 Å². The largest absolute Gasteiger partial charge is 0.396 e. The number of amides is 6. The van der Waals surface area contributed by atoms with Crippen molar-refractivity contribution in [2.75, 3.05) is 119 Å². The van der Waals surface area contributed by atoms with Gasteiger partial charge in [0.2, 0.25) is 35.4 Å². The van der Waals surface area contributed by atoms with Gasteiger partial charge in [-0.05, 0) is 90.0 Å². The number of thiol groups is 2. The molecule has 0 aromatic heterocycles. The van der Waals surface area contributed by atoms with Crippen LogP contribution in [0, 0.1) is 5.92 Å². The summed E-state index contributed by atoms with van der Waals surface area (Å²) < 4.78 is 36.0. The van der Waals surface area contributed by atoms with E-state index in [9.17, 15) is 33.9 Å². The number of rotatable bonds is 46. The Morgan fingerprint density at radius 2 is 0.937 bits per heavy atom. The maximum atomic E-state index is 12.9. The van der Waals surface area contributed by atoms with Crippen LogP contribution in [0.25, 0.3) is 0 Å². The topological polar surface area (TPSA) is 259 Å². The molecular formula is C41H78N6O14S2. The summed E-state index contributed by atoms with van der Waals surface area (Å²) in [6.45, 7) is 4.79. The Bertz CT molecular complexity index is 1180. The Kier molecular flexibility index (Phi) is 43.7. The number of nitrogens with one attached hydrogen (secondary N) is 6. The van der Waals surface area contributed by atoms with Crippen LogP contribution in [0.1, 0.15) is 96.3 Å². The molecule has 0 rings (SSSR count). The monoisotopic (exact) mass is 943 g/mol. The number of unbranched alkanes of at least 4 members (excludes halogenated alkanes) is 4. The maximum absolute atomic E-state index is 12.9. The fourth-order valence-electron chi connectivity index (χ4n) is 5.77. The highest BCUT2D eigenvalue weighted by atomic mass is 32.1. The van der Waals surface area contributed by atoms with Crippen LogP contribution in [0.4, 0.5) is 0 Å². The first kappa shape index (κ1) is 60.2. The van der Waals surface area contributed by atoms with Crippen molar-refractivity contribution in [3.8, 4) is 0 Å². The van der Waals surface area contributed by atoms with E-state index in [1.807, 2.05) is 0 Å². The SMILES string of the molecule is COCC(CO)CCCCNC(=O)CC(CCCCNC(=O)COCCOCCNC(=O)CCCCOS)NC(=O)CCCNC(=O)COCCOCCNC(=O)CCCCOS. The van der Waals surface area contributed by atoms with Crippen LogP contribution >= 0.6 is 25.8 Å². The Balaban J connectivity index is 4.40. The Hall–Kier alpha value is -2.80. The van der Waals surface area contributed by atoms with E-state index in [-0.39, 0.29) is 107 Å². The number of ether oxygens (including phenoxy) is 5. The molecule has 20 nitrogen and oxygen atoms in total. The second-order valence-electron chi connectivity index (χ2n) is 14.7. The van der Waals surface area contributed by atoms with Crippen molar-refractivity contribution in [3.63, 3.8) is 0 Å². The van der Waals surface area contributed by atoms with Crippen molar-refractivity contribution in [2.24, 2.45) is 5.92 Å². The summed E-state index contributed by atoms with van der Waals surface area (Å²) in [5.74, 6) is -1.07. The molecule has 0 aliphatic rings. The predicted molar refractivity (Wildman–Crippen MR) is 242 cm³/mol. The fourth-order valence-corrected chi connectivity index (χ4v) is 6.03. The zero-order chi connectivity index (χ0) is 46.4. The molecule has 0 spiro atoms. The third-order valence-electron chi connectivity index (χ3n) is 9.15. The molecular weight excluding hydrogens is 865 g/mol. The van der Waals surface area contributed by atoms with Crippen LogP contribution in [-0.2, 0) is 60.8 Å². The van der Waals surface area contributed by atoms with Gasteiger partial charge in [0.15, 0.2) is 0 Å². The van der Waals surface area contributed by atoms with Crippen LogP contribution in [0.5, 0.6) is 0 Å². The van der Waals surface area contributed by atoms with Crippen molar-refractivity contribution < 1.29 is 65.9 Å². The lowest BCUT2D eigenvalue weighted by molar-refractivity contribution is -0.127. The first-order valence-corrected chi connectivity index (χ1v) is 22.9. The number of aliphatic hydroxyl groups excluding tert-OH is 1. The lowest BCUT2D eigenvalue weighted by Gasteiger charge is -2.19. The summed E-state index contributed by atoms with van der Waals surface area (Å²) in [6, 6.07) is -0.423. The molecule has 0 aromatic carbocycles. The minimum atomic E-state index is -0.423. The van der Waals surface area contributed by atoms with Crippen molar-refractivity contribution in [1.29, 1.82) is 0 Å². The van der Waals surface area contributed by atoms with Gasteiger partial charge in [0, 0.05) is 84.1 Å². The summed E-state index contributed by atoms with van der Waals surface area (Å²) in [5.41, 5.74) is 0. The van der Waals surface area contributed by atoms with Crippen molar-refractivity contribution >= 4 is 61.3 Å². The lowest BCUT2D eigenvalue weighted by Crippen LogP contribution is -2.40. The molecule has 22 heteroatoms. The van der Waals surface area contributed by atoms with Gasteiger partial charge in [0.25, 0.3) is 0 Å². The summed E-state index contributed by atoms with van der Waals surface area (Å²) in [7, 11) is 1.60. The highest BCUT2D eigenvalue weighted by molar-refractivity contribution is 7.75. The van der Waals surface area contributed by atoms with E-state index in [1.54, 1.807) is 7.11 Å². The summed E-state index contributed by atoms with van der Waals surface area (Å²) in [5, 5.41) is 26.4. The molecule has 0 aromatic rings. The van der Waals surface area contributed by atoms with Gasteiger partial charge in [-0.15, -0.1) is 0 Å². The van der Waals surface area contributed by atoms with Gasteiger partial charge in [-0.2, -0.15) is 0 Å². The van der Waals surface area contributed by atoms with Crippen LogP contribution in [0.15, 0.2) is 0 Å². The number of hydrogen-bond donors (Lipinski definition) is 9. The van der Waals surface area contributed by atoms with E-state index >= 15 is 0 Å². The van der Waals surface area contributed by atoms with Crippen molar-refractivity contribution in [2.45, 2.75) is 102 Å². The number of carbonyl (C=O) groups is 6. The van der Waals surface area contributed by atoms with Gasteiger partial charge in [-0.25, -0.2) is 0 Å². The standard InChI is InChI=1S/C41H78N6O14S2/c1-55-31-34(30-48)11-2-6-16-42-39(52)29-35(12-3-7-17-43-40(53)32-58-27-25-56-23-19-45-36(49)13-4-8-21-60-62)47-38(51)15-10-18-44-41(54)33-59-28-26-57-24-20-46-37(50)14-5-9-22-61-63/h34-35,48,62-63H,2-33H2,1H3,(H,42,52)(H,43,53)(H,44,54)(H,45,49)(H,46,50)(H,47,51). The van der Waals surface area contributed by atoms with E-state index in [4.69, 9.17) is 23.7 Å². The van der Waals surface area contributed by atoms with Crippen LogP contribution in [0.2, 0.25) is 0 Å². The predicted octanol–water partition coefficient (Wildman–Crippen LogP) is 0.948. The third-order valence-corrected chi connectivity index (χ3v) is 9.51. The van der Waals surface area contributed by atoms with Gasteiger partial charge in [-0.3, -0.25) is 28.8 Å². The first-order valence-electron chi connectivity index (χ1n) is 22.2. The molecule has 0 fully saturated rings. The van der Waals surface area contributed by atoms with E-state index in [0.29, 0.717) is 104 Å².